The van der Waals surface area contributed by atoms with Gasteiger partial charge in [0.25, 0.3) is 0 Å². The highest BCUT2D eigenvalue weighted by Gasteiger charge is 2.24. The van der Waals surface area contributed by atoms with E-state index in [9.17, 15) is 0 Å². The minimum atomic E-state index is 1.08. The van der Waals surface area contributed by atoms with E-state index in [1.165, 1.54) is 45.4 Å². The van der Waals surface area contributed by atoms with Crippen LogP contribution in [0.4, 0.5) is 0 Å². The Morgan fingerprint density at radius 3 is 2.75 bits per heavy atom. The van der Waals surface area contributed by atoms with Crippen LogP contribution in [0.3, 0.4) is 0 Å². The molecule has 0 saturated carbocycles. The van der Waals surface area contributed by atoms with Gasteiger partial charge in [0.1, 0.15) is 0 Å². The Bertz CT molecular complexity index is 1040. The minimum absolute atomic E-state index is 1.08. The molecule has 3 heteroatoms. The number of benzene rings is 2. The van der Waals surface area contributed by atoms with Crippen molar-refractivity contribution in [3.05, 3.63) is 71.4 Å². The summed E-state index contributed by atoms with van der Waals surface area (Å²) in [6.45, 7) is 2.17. The van der Waals surface area contributed by atoms with Gasteiger partial charge in [-0.2, -0.15) is 5.10 Å². The van der Waals surface area contributed by atoms with Crippen LogP contribution in [0.1, 0.15) is 23.1 Å². The van der Waals surface area contributed by atoms with Crippen LogP contribution in [-0.2, 0) is 12.8 Å². The van der Waals surface area contributed by atoms with Gasteiger partial charge in [-0.3, -0.25) is 0 Å². The molecule has 0 amide bonds. The van der Waals surface area contributed by atoms with E-state index in [0.717, 1.165) is 18.5 Å². The Kier molecular flexibility index (Phi) is 2.89. The molecule has 0 radical (unpaired) electrons. The fraction of sp³-hybridized carbons (Fsp3) is 0.190. The molecule has 3 nitrogen and oxygen atoms in total. The van der Waals surface area contributed by atoms with Crippen LogP contribution >= 0.6 is 0 Å². The van der Waals surface area contributed by atoms with Gasteiger partial charge in [-0.05, 0) is 49.4 Å². The number of nitrogens with zero attached hydrogens (tertiary/aromatic N) is 2. The first-order valence-electron chi connectivity index (χ1n) is 8.56. The van der Waals surface area contributed by atoms with E-state index in [4.69, 9.17) is 5.10 Å². The first-order chi connectivity index (χ1) is 11.8. The molecule has 0 fully saturated rings. The third-order valence-electron chi connectivity index (χ3n) is 5.11. The van der Waals surface area contributed by atoms with Gasteiger partial charge in [0.05, 0.1) is 23.3 Å². The summed E-state index contributed by atoms with van der Waals surface area (Å²) in [5.41, 5.74) is 8.91. The second kappa shape index (κ2) is 5.10. The smallest absolute Gasteiger partial charge is 0.0938 e. The van der Waals surface area contributed by atoms with Gasteiger partial charge in [0, 0.05) is 16.5 Å². The molecule has 118 valence electrons. The summed E-state index contributed by atoms with van der Waals surface area (Å²) in [6, 6.07) is 17.0. The summed E-state index contributed by atoms with van der Waals surface area (Å²) >= 11 is 0. The Hall–Kier alpha value is -2.81. The summed E-state index contributed by atoms with van der Waals surface area (Å²) in [4.78, 5) is 3.72. The Morgan fingerprint density at radius 1 is 1.00 bits per heavy atom. The van der Waals surface area contributed by atoms with Crippen molar-refractivity contribution in [2.45, 2.75) is 26.2 Å². The van der Waals surface area contributed by atoms with E-state index >= 15 is 0 Å². The van der Waals surface area contributed by atoms with Gasteiger partial charge in [0.2, 0.25) is 0 Å². The monoisotopic (exact) mass is 313 g/mol. The fourth-order valence-corrected chi connectivity index (χ4v) is 3.93. The topological polar surface area (TPSA) is 33.6 Å². The molecular formula is C21H19N3. The molecule has 0 bridgehead atoms. The minimum Gasteiger partial charge on any atom is -0.353 e. The van der Waals surface area contributed by atoms with Crippen LogP contribution in [-0.4, -0.2) is 14.8 Å². The zero-order chi connectivity index (χ0) is 16.1. The molecule has 0 aliphatic heterocycles. The number of fused-ring (bicyclic) bond motifs is 5. The normalized spacial score (nSPS) is 13.5. The lowest BCUT2D eigenvalue weighted by Crippen LogP contribution is -2.00. The average Bonchev–Trinajstić information content (AvgIpc) is 3.14. The summed E-state index contributed by atoms with van der Waals surface area (Å²) < 4.78 is 2.09. The van der Waals surface area contributed by atoms with E-state index < -0.39 is 0 Å². The first kappa shape index (κ1) is 13.6. The molecule has 0 atom stereocenters. The number of H-pyrrole nitrogens is 1. The summed E-state index contributed by atoms with van der Waals surface area (Å²) in [5, 5.41) is 6.06. The van der Waals surface area contributed by atoms with Crippen LogP contribution in [0.15, 0.2) is 54.7 Å². The molecule has 0 unspecified atom stereocenters. The fourth-order valence-electron chi connectivity index (χ4n) is 3.93. The summed E-state index contributed by atoms with van der Waals surface area (Å²) in [7, 11) is 0. The summed E-state index contributed by atoms with van der Waals surface area (Å²) in [6.07, 6.45) is 5.40. The lowest BCUT2D eigenvalue weighted by molar-refractivity contribution is 0.838. The van der Waals surface area contributed by atoms with Crippen molar-refractivity contribution >= 4 is 10.9 Å². The SMILES string of the molecule is Cc1cccc2c3c([nH]c12)-c1c(cnn1-c1ccccc1)CCC3. The first-order valence-corrected chi connectivity index (χ1v) is 8.56. The number of aromatic amines is 1. The molecule has 1 aliphatic carbocycles. The van der Waals surface area contributed by atoms with E-state index in [1.807, 2.05) is 12.3 Å². The molecule has 2 aromatic heterocycles. The molecule has 0 spiro atoms. The van der Waals surface area contributed by atoms with Gasteiger partial charge < -0.3 is 4.98 Å². The lowest BCUT2D eigenvalue weighted by atomic mass is 10.0. The average molecular weight is 313 g/mol. The lowest BCUT2D eigenvalue weighted by Gasteiger charge is -2.08. The quantitative estimate of drug-likeness (QED) is 0.537. The number of rotatable bonds is 1. The Morgan fingerprint density at radius 2 is 1.88 bits per heavy atom. The summed E-state index contributed by atoms with van der Waals surface area (Å²) in [5.74, 6) is 0. The van der Waals surface area contributed by atoms with Gasteiger partial charge in [0.15, 0.2) is 0 Å². The number of aryl methyl sites for hydroxylation is 3. The molecule has 2 aromatic carbocycles. The van der Waals surface area contributed by atoms with Gasteiger partial charge >= 0.3 is 0 Å². The maximum atomic E-state index is 4.70. The maximum absolute atomic E-state index is 4.70. The van der Waals surface area contributed by atoms with E-state index in [2.05, 4.69) is 59.1 Å². The number of hydrogen-bond donors (Lipinski definition) is 1. The zero-order valence-electron chi connectivity index (χ0n) is 13.7. The van der Waals surface area contributed by atoms with Crippen molar-refractivity contribution in [3.8, 4) is 17.1 Å². The molecule has 1 N–H and O–H groups in total. The highest BCUT2D eigenvalue weighted by Crippen LogP contribution is 2.38. The molecule has 2 heterocycles. The van der Waals surface area contributed by atoms with E-state index in [1.54, 1.807) is 0 Å². The Labute approximate surface area is 140 Å². The number of para-hydroxylation sites is 2. The van der Waals surface area contributed by atoms with Crippen molar-refractivity contribution < 1.29 is 0 Å². The highest BCUT2D eigenvalue weighted by atomic mass is 15.3. The third kappa shape index (κ3) is 1.88. The largest absolute Gasteiger partial charge is 0.353 e. The van der Waals surface area contributed by atoms with Crippen molar-refractivity contribution in [1.82, 2.24) is 14.8 Å². The second-order valence-corrected chi connectivity index (χ2v) is 6.60. The van der Waals surface area contributed by atoms with Crippen molar-refractivity contribution in [2.24, 2.45) is 0 Å². The molecule has 24 heavy (non-hydrogen) atoms. The predicted octanol–water partition coefficient (Wildman–Crippen LogP) is 4.82. The molecule has 5 rings (SSSR count). The van der Waals surface area contributed by atoms with E-state index in [-0.39, 0.29) is 0 Å². The number of aromatic nitrogens is 3. The van der Waals surface area contributed by atoms with Crippen LogP contribution in [0, 0.1) is 6.92 Å². The standard InChI is InChI=1S/C21H19N3/c1-14-7-5-11-17-18-12-6-8-15-13-22-24(16-9-3-2-4-10-16)21(15)20(18)23-19(14)17/h2-5,7,9-11,13,23H,6,8,12H2,1H3. The molecule has 0 saturated heterocycles. The molecular weight excluding hydrogens is 294 g/mol. The second-order valence-electron chi connectivity index (χ2n) is 6.60. The van der Waals surface area contributed by atoms with Crippen LogP contribution in [0.2, 0.25) is 0 Å². The third-order valence-corrected chi connectivity index (χ3v) is 5.11. The van der Waals surface area contributed by atoms with Crippen LogP contribution in [0.25, 0.3) is 28.0 Å². The molecule has 4 aromatic rings. The van der Waals surface area contributed by atoms with Crippen molar-refractivity contribution in [2.75, 3.05) is 0 Å². The predicted molar refractivity (Wildman–Crippen MR) is 97.6 cm³/mol. The van der Waals surface area contributed by atoms with Crippen molar-refractivity contribution in [3.63, 3.8) is 0 Å². The van der Waals surface area contributed by atoms with Gasteiger partial charge in [-0.25, -0.2) is 4.68 Å². The Balaban J connectivity index is 1.84. The van der Waals surface area contributed by atoms with Crippen LogP contribution in [0.5, 0.6) is 0 Å². The van der Waals surface area contributed by atoms with Gasteiger partial charge in [-0.15, -0.1) is 0 Å². The number of nitrogens with one attached hydrogen (secondary N) is 1. The highest BCUT2D eigenvalue weighted by molar-refractivity contribution is 5.93. The van der Waals surface area contributed by atoms with Crippen molar-refractivity contribution in [1.29, 1.82) is 0 Å². The van der Waals surface area contributed by atoms with Gasteiger partial charge in [-0.1, -0.05) is 36.4 Å². The molecule has 1 aliphatic rings. The van der Waals surface area contributed by atoms with E-state index in [0.29, 0.717) is 0 Å². The maximum Gasteiger partial charge on any atom is 0.0938 e. The zero-order valence-corrected chi connectivity index (χ0v) is 13.7. The number of hydrogen-bond acceptors (Lipinski definition) is 1. The van der Waals surface area contributed by atoms with Crippen LogP contribution < -0.4 is 0 Å².